The zero-order chi connectivity index (χ0) is 18.2. The van der Waals surface area contributed by atoms with Crippen LogP contribution in [0.4, 0.5) is 5.69 Å². The van der Waals surface area contributed by atoms with E-state index in [4.69, 9.17) is 5.73 Å². The molecule has 0 aromatic carbocycles. The van der Waals surface area contributed by atoms with Crippen LogP contribution in [0, 0.1) is 0 Å². The Kier molecular flexibility index (Phi) is 7.41. The van der Waals surface area contributed by atoms with Crippen molar-refractivity contribution in [3.8, 4) is 0 Å². The summed E-state index contributed by atoms with van der Waals surface area (Å²) in [7, 11) is 1.94. The van der Waals surface area contributed by atoms with Crippen molar-refractivity contribution in [3.05, 3.63) is 53.9 Å². The van der Waals surface area contributed by atoms with Gasteiger partial charge in [-0.25, -0.2) is 0 Å². The molecule has 0 radical (unpaired) electrons. The highest BCUT2D eigenvalue weighted by molar-refractivity contribution is 5.80. The fourth-order valence-electron chi connectivity index (χ4n) is 3.30. The van der Waals surface area contributed by atoms with Crippen LogP contribution in [0.2, 0.25) is 0 Å². The molecule has 0 spiro atoms. The molecule has 3 N–H and O–H groups in total. The summed E-state index contributed by atoms with van der Waals surface area (Å²) in [5.74, 6) is 0. The molecule has 4 nitrogen and oxygen atoms in total. The van der Waals surface area contributed by atoms with Gasteiger partial charge in [0.15, 0.2) is 0 Å². The van der Waals surface area contributed by atoms with Crippen molar-refractivity contribution in [1.82, 2.24) is 15.2 Å². The van der Waals surface area contributed by atoms with Gasteiger partial charge < -0.3 is 11.1 Å². The number of anilines is 1. The predicted octanol–water partition coefficient (Wildman–Crippen LogP) is 3.64. The van der Waals surface area contributed by atoms with Crippen LogP contribution < -0.4 is 11.1 Å². The van der Waals surface area contributed by atoms with E-state index in [2.05, 4.69) is 47.8 Å². The van der Waals surface area contributed by atoms with Gasteiger partial charge in [-0.15, -0.1) is 0 Å². The minimum atomic E-state index is 0.670. The quantitative estimate of drug-likeness (QED) is 0.744. The third-order valence-electron chi connectivity index (χ3n) is 4.73. The predicted molar refractivity (Wildman–Crippen MR) is 108 cm³/mol. The third kappa shape index (κ3) is 5.83. The van der Waals surface area contributed by atoms with Gasteiger partial charge in [0.2, 0.25) is 0 Å². The molecule has 0 saturated carbocycles. The summed E-state index contributed by atoms with van der Waals surface area (Å²) < 4.78 is 0. The number of nitrogens with zero attached hydrogens (tertiary/aromatic N) is 2. The fraction of sp³-hybridized carbons (Fsp3) is 0.476. The monoisotopic (exact) mass is 340 g/mol. The number of rotatable bonds is 7. The number of likely N-dealkylation sites (tertiary alicyclic amines) is 1. The van der Waals surface area contributed by atoms with Gasteiger partial charge in [0.1, 0.15) is 0 Å². The second-order valence-electron chi connectivity index (χ2n) is 6.98. The van der Waals surface area contributed by atoms with Crippen molar-refractivity contribution >= 4 is 11.3 Å². The van der Waals surface area contributed by atoms with Crippen molar-refractivity contribution in [2.75, 3.05) is 32.4 Å². The van der Waals surface area contributed by atoms with Gasteiger partial charge in [-0.2, -0.15) is 0 Å². The Morgan fingerprint density at radius 1 is 1.44 bits per heavy atom. The smallest absolute Gasteiger partial charge is 0.0706 e. The number of hydrogen-bond donors (Lipinski definition) is 2. The largest absolute Gasteiger partial charge is 0.397 e. The summed E-state index contributed by atoms with van der Waals surface area (Å²) in [5, 5.41) is 3.16. The lowest BCUT2D eigenvalue weighted by Gasteiger charge is -2.33. The first kappa shape index (κ1) is 19.4. The van der Waals surface area contributed by atoms with E-state index in [1.54, 1.807) is 6.20 Å². The summed E-state index contributed by atoms with van der Waals surface area (Å²) in [6.07, 6.45) is 9.99. The van der Waals surface area contributed by atoms with Crippen molar-refractivity contribution in [2.45, 2.75) is 39.2 Å². The normalized spacial score (nSPS) is 19.9. The van der Waals surface area contributed by atoms with E-state index in [0.29, 0.717) is 11.7 Å². The molecule has 1 fully saturated rings. The summed E-state index contributed by atoms with van der Waals surface area (Å²) in [4.78, 5) is 7.04. The maximum absolute atomic E-state index is 5.77. The average Bonchev–Trinajstić information content (AvgIpc) is 2.58. The summed E-state index contributed by atoms with van der Waals surface area (Å²) in [5.41, 5.74) is 10.7. The van der Waals surface area contributed by atoms with Crippen molar-refractivity contribution < 1.29 is 0 Å². The number of hydrogen-bond acceptors (Lipinski definition) is 4. The first-order valence-electron chi connectivity index (χ1n) is 9.18. The van der Waals surface area contributed by atoms with Gasteiger partial charge in [-0.1, -0.05) is 30.7 Å². The SMILES string of the molecule is C=C(/C=C(\C)CN1CCCCC1C)/C(=C\CNC)c1ccc(N)cn1. The van der Waals surface area contributed by atoms with Crippen LogP contribution in [-0.4, -0.2) is 42.6 Å². The number of nitrogen functional groups attached to an aromatic ring is 1. The summed E-state index contributed by atoms with van der Waals surface area (Å²) in [6, 6.07) is 4.51. The number of allylic oxidation sites excluding steroid dienone is 3. The van der Waals surface area contributed by atoms with E-state index < -0.39 is 0 Å². The van der Waals surface area contributed by atoms with Crippen LogP contribution in [0.1, 0.15) is 38.8 Å². The maximum Gasteiger partial charge on any atom is 0.0706 e. The second kappa shape index (κ2) is 9.54. The van der Waals surface area contributed by atoms with Crippen LogP contribution >= 0.6 is 0 Å². The molecule has 1 saturated heterocycles. The molecule has 2 rings (SSSR count). The Bertz CT molecular complexity index is 628. The van der Waals surface area contributed by atoms with Crippen LogP contribution in [0.3, 0.4) is 0 Å². The molecule has 1 unspecified atom stereocenters. The lowest BCUT2D eigenvalue weighted by atomic mass is 9.99. The Morgan fingerprint density at radius 2 is 2.24 bits per heavy atom. The van der Waals surface area contributed by atoms with Gasteiger partial charge in [0, 0.05) is 24.7 Å². The van der Waals surface area contributed by atoms with Gasteiger partial charge in [0.25, 0.3) is 0 Å². The van der Waals surface area contributed by atoms with Crippen LogP contribution in [-0.2, 0) is 0 Å². The van der Waals surface area contributed by atoms with Gasteiger partial charge in [-0.05, 0) is 58.0 Å². The highest BCUT2D eigenvalue weighted by Crippen LogP contribution is 2.24. The first-order valence-corrected chi connectivity index (χ1v) is 9.18. The Hall–Kier alpha value is -1.91. The number of nitrogens with two attached hydrogens (primary N) is 1. The molecule has 1 aliphatic rings. The van der Waals surface area contributed by atoms with E-state index in [9.17, 15) is 0 Å². The molecule has 0 amide bonds. The Morgan fingerprint density at radius 3 is 2.88 bits per heavy atom. The molecule has 1 atom stereocenters. The van der Waals surface area contributed by atoms with Gasteiger partial charge >= 0.3 is 0 Å². The van der Waals surface area contributed by atoms with Crippen molar-refractivity contribution in [2.24, 2.45) is 0 Å². The van der Waals surface area contributed by atoms with Gasteiger partial charge in [0.05, 0.1) is 17.6 Å². The molecule has 1 aromatic heterocycles. The fourth-order valence-corrected chi connectivity index (χ4v) is 3.30. The summed E-state index contributed by atoms with van der Waals surface area (Å²) in [6.45, 7) is 11.8. The molecule has 1 aliphatic heterocycles. The van der Waals surface area contributed by atoms with Crippen molar-refractivity contribution in [3.63, 3.8) is 0 Å². The molecular formula is C21H32N4. The average molecular weight is 341 g/mol. The number of piperidine rings is 1. The van der Waals surface area contributed by atoms with Crippen molar-refractivity contribution in [1.29, 1.82) is 0 Å². The minimum Gasteiger partial charge on any atom is -0.397 e. The summed E-state index contributed by atoms with van der Waals surface area (Å²) >= 11 is 0. The highest BCUT2D eigenvalue weighted by Gasteiger charge is 2.18. The zero-order valence-corrected chi connectivity index (χ0v) is 15.9. The standard InChI is InChI=1S/C21H32N4/c1-16(15-25-12-6-5-7-18(25)3)13-17(2)20(10-11-23-4)21-9-8-19(22)14-24-21/h8-10,13-14,18,23H,2,5-7,11-12,15,22H2,1,3-4H3/b16-13+,20-10+. The lowest BCUT2D eigenvalue weighted by Crippen LogP contribution is -2.38. The van der Waals surface area contributed by atoms with E-state index in [-0.39, 0.29) is 0 Å². The molecule has 2 heterocycles. The Labute approximate surface area is 152 Å². The molecular weight excluding hydrogens is 308 g/mol. The maximum atomic E-state index is 5.77. The lowest BCUT2D eigenvalue weighted by molar-refractivity contribution is 0.175. The van der Waals surface area contributed by atoms with E-state index in [1.807, 2.05) is 19.2 Å². The van der Waals surface area contributed by atoms with Crippen LogP contribution in [0.25, 0.3) is 5.57 Å². The van der Waals surface area contributed by atoms with E-state index in [1.165, 1.54) is 31.4 Å². The second-order valence-corrected chi connectivity index (χ2v) is 6.98. The van der Waals surface area contributed by atoms with Crippen LogP contribution in [0.15, 0.2) is 48.2 Å². The van der Waals surface area contributed by atoms with Gasteiger partial charge in [-0.3, -0.25) is 9.88 Å². The Balaban J connectivity index is 2.13. The molecule has 0 aliphatic carbocycles. The number of pyridine rings is 1. The zero-order valence-electron chi connectivity index (χ0n) is 15.9. The minimum absolute atomic E-state index is 0.670. The molecule has 4 heteroatoms. The first-order chi connectivity index (χ1) is 12.0. The number of likely N-dealkylation sites (N-methyl/N-ethyl adjacent to an activating group) is 1. The number of nitrogens with one attached hydrogen (secondary N) is 1. The van der Waals surface area contributed by atoms with E-state index in [0.717, 1.165) is 29.9 Å². The highest BCUT2D eigenvalue weighted by atomic mass is 15.2. The molecule has 25 heavy (non-hydrogen) atoms. The number of aromatic nitrogens is 1. The van der Waals surface area contributed by atoms with Crippen LogP contribution in [0.5, 0.6) is 0 Å². The topological polar surface area (TPSA) is 54.2 Å². The molecule has 0 bridgehead atoms. The molecule has 1 aromatic rings. The molecule has 136 valence electrons. The van der Waals surface area contributed by atoms with E-state index >= 15 is 0 Å². The third-order valence-corrected chi connectivity index (χ3v) is 4.73.